The molecule has 0 saturated heterocycles. The number of carboxylic acid groups (broad SMARTS) is 1. The number of phenols is 1. The van der Waals surface area contributed by atoms with Crippen molar-refractivity contribution < 1.29 is 15.0 Å². The lowest BCUT2D eigenvalue weighted by Gasteiger charge is -2.20. The van der Waals surface area contributed by atoms with Gasteiger partial charge in [0.05, 0.1) is 7.51 Å². The van der Waals surface area contributed by atoms with Crippen molar-refractivity contribution in [2.75, 3.05) is 7.05 Å². The number of aromatic hydroxyl groups is 1. The van der Waals surface area contributed by atoms with E-state index in [1.165, 1.54) is 0 Å². The van der Waals surface area contributed by atoms with Crippen LogP contribution in [0.25, 0.3) is 0 Å². The second kappa shape index (κ2) is 6.05. The lowest BCUT2D eigenvalue weighted by atomic mass is 10.0. The molecule has 0 fully saturated rings. The summed E-state index contributed by atoms with van der Waals surface area (Å²) in [6.45, 7) is 1.85. The normalized spacial score (nSPS) is 12.9. The van der Waals surface area contributed by atoms with E-state index in [0.29, 0.717) is 13.9 Å². The van der Waals surface area contributed by atoms with Gasteiger partial charge in [0.25, 0.3) is 0 Å². The lowest BCUT2D eigenvalue weighted by molar-refractivity contribution is -0.140. The molecule has 0 aliphatic heterocycles. The third-order valence-electron chi connectivity index (χ3n) is 2.60. The lowest BCUT2D eigenvalue weighted by Crippen LogP contribution is -2.34. The molecule has 1 rings (SSSR count). The van der Waals surface area contributed by atoms with Gasteiger partial charge in [-0.2, -0.15) is 0 Å². The first-order valence-electron chi connectivity index (χ1n) is 5.03. The summed E-state index contributed by atoms with van der Waals surface area (Å²) in [4.78, 5) is 11.1. The first-order valence-corrected chi connectivity index (χ1v) is 6.89. The van der Waals surface area contributed by atoms with Gasteiger partial charge in [0.15, 0.2) is 0 Å². The van der Waals surface area contributed by atoms with Crippen molar-refractivity contribution in [2.24, 2.45) is 0 Å². The van der Waals surface area contributed by atoms with Crippen molar-refractivity contribution in [3.05, 3.63) is 29.3 Å². The van der Waals surface area contributed by atoms with Crippen molar-refractivity contribution in [1.82, 2.24) is 4.67 Å². The van der Waals surface area contributed by atoms with Crippen LogP contribution >= 0.6 is 7.51 Å². The maximum Gasteiger partial charge on any atom is 0.321 e. The number of aryl methyl sites for hydroxylation is 1. The molecule has 4 nitrogen and oxygen atoms in total. The summed E-state index contributed by atoms with van der Waals surface area (Å²) in [5.41, 5.74) is 1.78. The summed E-state index contributed by atoms with van der Waals surface area (Å²) in [5, 5.41) is 18.4. The van der Waals surface area contributed by atoms with Crippen molar-refractivity contribution in [1.29, 1.82) is 0 Å². The number of hydrogen-bond donors (Lipinski definition) is 2. The molecule has 0 bridgehead atoms. The maximum atomic E-state index is 11.1. The molecule has 2 N–H and O–H groups in total. The Balaban J connectivity index is 2.93. The molecule has 17 heavy (non-hydrogen) atoms. The van der Waals surface area contributed by atoms with Crippen LogP contribution in [0.2, 0.25) is 0 Å². The van der Waals surface area contributed by atoms with E-state index in [9.17, 15) is 9.90 Å². The van der Waals surface area contributed by atoms with Gasteiger partial charge in [0, 0.05) is 0 Å². The molecule has 0 radical (unpaired) electrons. The van der Waals surface area contributed by atoms with Crippen LogP contribution in [0.3, 0.4) is 0 Å². The number of carboxylic acids is 1. The van der Waals surface area contributed by atoms with E-state index in [-0.39, 0.29) is 5.75 Å². The minimum Gasteiger partial charge on any atom is -0.508 e. The minimum absolute atomic E-state index is 0.188. The van der Waals surface area contributed by atoms with E-state index < -0.39 is 12.0 Å². The molecule has 0 saturated carbocycles. The van der Waals surface area contributed by atoms with Crippen LogP contribution in [0.4, 0.5) is 0 Å². The molecule has 1 aromatic rings. The topological polar surface area (TPSA) is 60.8 Å². The zero-order chi connectivity index (χ0) is 13.0. The van der Waals surface area contributed by atoms with E-state index >= 15 is 0 Å². The average Bonchev–Trinajstić information content (AvgIpc) is 2.26. The number of hydrogen-bond acceptors (Lipinski definition) is 3. The zero-order valence-electron chi connectivity index (χ0n) is 9.62. The summed E-state index contributed by atoms with van der Waals surface area (Å²) in [5.74, 6) is -0.704. The Morgan fingerprint density at radius 2 is 2.24 bits per heavy atom. The minimum atomic E-state index is -0.891. The van der Waals surface area contributed by atoms with Gasteiger partial charge in [0.1, 0.15) is 11.8 Å². The van der Waals surface area contributed by atoms with Gasteiger partial charge in [-0.25, -0.2) is 4.67 Å². The van der Waals surface area contributed by atoms with E-state index in [2.05, 4.69) is 0 Å². The molecular formula is C11H14NO3PS. The molecule has 6 heteroatoms. The molecule has 0 spiro atoms. The van der Waals surface area contributed by atoms with Crippen LogP contribution in [-0.4, -0.2) is 33.9 Å². The van der Waals surface area contributed by atoms with Crippen molar-refractivity contribution >= 4 is 25.3 Å². The molecule has 1 atom stereocenters. The number of nitrogens with zero attached hydrogens (tertiary/aromatic N) is 1. The van der Waals surface area contributed by atoms with Gasteiger partial charge in [0.2, 0.25) is 0 Å². The van der Waals surface area contributed by atoms with Crippen LogP contribution in [0.15, 0.2) is 18.2 Å². The van der Waals surface area contributed by atoms with Crippen LogP contribution in [0, 0.1) is 6.92 Å². The number of benzene rings is 1. The highest BCUT2D eigenvalue weighted by atomic mass is 32.4. The van der Waals surface area contributed by atoms with E-state index in [4.69, 9.17) is 16.9 Å². The summed E-state index contributed by atoms with van der Waals surface area (Å²) < 4.78 is 1.59. The quantitative estimate of drug-likeness (QED) is 0.802. The van der Waals surface area contributed by atoms with Gasteiger partial charge in [-0.3, -0.25) is 4.79 Å². The van der Waals surface area contributed by atoms with Crippen LogP contribution in [0.1, 0.15) is 11.1 Å². The smallest absolute Gasteiger partial charge is 0.321 e. The highest BCUT2D eigenvalue weighted by Gasteiger charge is 2.22. The molecule has 92 valence electrons. The Kier molecular flexibility index (Phi) is 5.00. The molecule has 0 amide bonds. The Labute approximate surface area is 107 Å². The Bertz CT molecular complexity index is 439. The van der Waals surface area contributed by atoms with Gasteiger partial charge < -0.3 is 10.2 Å². The first kappa shape index (κ1) is 14.0. The average molecular weight is 271 g/mol. The van der Waals surface area contributed by atoms with Crippen molar-refractivity contribution in [3.63, 3.8) is 0 Å². The highest BCUT2D eigenvalue weighted by molar-refractivity contribution is 7.95. The Morgan fingerprint density at radius 3 is 2.71 bits per heavy atom. The fourth-order valence-electron chi connectivity index (χ4n) is 1.55. The SMILES string of the molecule is Cc1cc(O)ccc1CC(C(=O)O)N(C)P=S. The largest absolute Gasteiger partial charge is 0.508 e. The fourth-order valence-corrected chi connectivity index (χ4v) is 2.19. The molecule has 1 unspecified atom stereocenters. The standard InChI is InChI=1S/C11H14NO3PS/c1-7-5-9(13)4-3-8(7)6-10(11(14)15)12(2)16-17/h3-5,10,13H,6H2,1-2H3,(H,14,15). The van der Waals surface area contributed by atoms with Crippen LogP contribution < -0.4 is 0 Å². The van der Waals surface area contributed by atoms with Gasteiger partial charge in [-0.05, 0) is 55.5 Å². The monoisotopic (exact) mass is 271 g/mol. The number of likely N-dealkylation sites (N-methyl/N-ethyl adjacent to an activating group) is 1. The summed E-state index contributed by atoms with van der Waals surface area (Å²) in [6, 6.07) is 4.29. The fraction of sp³-hybridized carbons (Fsp3) is 0.364. The third-order valence-corrected chi connectivity index (χ3v) is 3.91. The summed E-state index contributed by atoms with van der Waals surface area (Å²) in [6.07, 6.45) is 0.377. The maximum absolute atomic E-state index is 11.1. The van der Waals surface area contributed by atoms with E-state index in [1.54, 1.807) is 29.9 Å². The second-order valence-corrected chi connectivity index (χ2v) is 5.11. The van der Waals surface area contributed by atoms with Crippen LogP contribution in [-0.2, 0) is 23.0 Å². The molecule has 0 aliphatic rings. The first-order chi connectivity index (χ1) is 7.95. The second-order valence-electron chi connectivity index (χ2n) is 3.82. The third kappa shape index (κ3) is 3.73. The summed E-state index contributed by atoms with van der Waals surface area (Å²) in [7, 11) is 2.19. The molecule has 0 aromatic heterocycles. The van der Waals surface area contributed by atoms with Gasteiger partial charge in [-0.1, -0.05) is 6.07 Å². The number of carbonyl (C=O) groups is 1. The Hall–Kier alpha value is -1.03. The number of rotatable bonds is 5. The molecule has 1 aromatic carbocycles. The van der Waals surface area contributed by atoms with Gasteiger partial charge in [-0.15, -0.1) is 0 Å². The number of phenolic OH excluding ortho intramolecular Hbond substituents is 1. The Morgan fingerprint density at radius 1 is 1.59 bits per heavy atom. The van der Waals surface area contributed by atoms with Crippen molar-refractivity contribution in [2.45, 2.75) is 19.4 Å². The highest BCUT2D eigenvalue weighted by Crippen LogP contribution is 2.20. The van der Waals surface area contributed by atoms with E-state index in [1.807, 2.05) is 6.92 Å². The molecule has 0 aliphatic carbocycles. The predicted molar refractivity (Wildman–Crippen MR) is 70.0 cm³/mol. The molecule has 0 heterocycles. The predicted octanol–water partition coefficient (Wildman–Crippen LogP) is 1.95. The van der Waals surface area contributed by atoms with Crippen LogP contribution in [0.5, 0.6) is 5.75 Å². The summed E-state index contributed by atoms with van der Waals surface area (Å²) >= 11 is 4.83. The zero-order valence-corrected chi connectivity index (χ0v) is 11.3. The van der Waals surface area contributed by atoms with E-state index in [0.717, 1.165) is 11.1 Å². The number of aliphatic carboxylic acids is 1. The van der Waals surface area contributed by atoms with Crippen molar-refractivity contribution in [3.8, 4) is 5.75 Å². The van der Waals surface area contributed by atoms with Gasteiger partial charge >= 0.3 is 5.97 Å². The molecular weight excluding hydrogens is 257 g/mol.